The fourth-order valence-electron chi connectivity index (χ4n) is 2.56. The average Bonchev–Trinajstić information content (AvgIpc) is 3.24. The zero-order valence-corrected chi connectivity index (χ0v) is 15.2. The highest BCUT2D eigenvalue weighted by Crippen LogP contribution is 2.19. The van der Waals surface area contributed by atoms with Gasteiger partial charge in [0.1, 0.15) is 10.6 Å². The van der Waals surface area contributed by atoms with Gasteiger partial charge >= 0.3 is 0 Å². The first-order valence-electron chi connectivity index (χ1n) is 7.86. The number of hydrogen-bond acceptors (Lipinski definition) is 4. The van der Waals surface area contributed by atoms with Gasteiger partial charge in [0.15, 0.2) is 0 Å². The first-order chi connectivity index (χ1) is 12.4. The monoisotopic (exact) mass is 373 g/mol. The number of aromatic nitrogens is 3. The zero-order chi connectivity index (χ0) is 18.7. The van der Waals surface area contributed by atoms with E-state index in [0.29, 0.717) is 12.2 Å². The predicted octanol–water partition coefficient (Wildman–Crippen LogP) is 1.43. The molecule has 0 spiro atoms. The number of hydrogen-bond donors (Lipinski definition) is 2. The number of rotatable bonds is 6. The molecule has 0 aliphatic heterocycles. The Labute approximate surface area is 151 Å². The van der Waals surface area contributed by atoms with Crippen LogP contribution in [0, 0.1) is 0 Å². The Kier molecular flexibility index (Phi) is 4.81. The van der Waals surface area contributed by atoms with Crippen molar-refractivity contribution in [3.8, 4) is 0 Å². The highest BCUT2D eigenvalue weighted by molar-refractivity contribution is 7.92. The van der Waals surface area contributed by atoms with Crippen molar-refractivity contribution < 1.29 is 13.2 Å². The minimum Gasteiger partial charge on any atom is -0.354 e. The second-order valence-corrected chi connectivity index (χ2v) is 7.44. The summed E-state index contributed by atoms with van der Waals surface area (Å²) in [5, 5.41) is 6.62. The molecule has 0 atom stereocenters. The summed E-state index contributed by atoms with van der Waals surface area (Å²) < 4.78 is 31.0. The van der Waals surface area contributed by atoms with E-state index in [-0.39, 0.29) is 16.5 Å². The molecular formula is C17H19N5O3S. The summed E-state index contributed by atoms with van der Waals surface area (Å²) in [4.78, 5) is 11.8. The van der Waals surface area contributed by atoms with Crippen LogP contribution in [0.15, 0.2) is 59.9 Å². The molecule has 9 heteroatoms. The second-order valence-electron chi connectivity index (χ2n) is 5.76. The molecule has 0 bridgehead atoms. The Morgan fingerprint density at radius 2 is 2.04 bits per heavy atom. The van der Waals surface area contributed by atoms with E-state index >= 15 is 0 Å². The van der Waals surface area contributed by atoms with Gasteiger partial charge in [-0.3, -0.25) is 14.2 Å². The van der Waals surface area contributed by atoms with E-state index in [1.165, 1.54) is 23.9 Å². The van der Waals surface area contributed by atoms with E-state index in [0.717, 1.165) is 5.56 Å². The van der Waals surface area contributed by atoms with Crippen molar-refractivity contribution in [1.29, 1.82) is 0 Å². The van der Waals surface area contributed by atoms with Gasteiger partial charge in [-0.2, -0.15) is 5.10 Å². The number of nitrogens with one attached hydrogen (secondary N) is 2. The van der Waals surface area contributed by atoms with Crippen LogP contribution in [0.1, 0.15) is 16.1 Å². The van der Waals surface area contributed by atoms with E-state index in [1.54, 1.807) is 36.1 Å². The lowest BCUT2D eigenvalue weighted by Gasteiger charge is -2.08. The van der Waals surface area contributed by atoms with E-state index in [1.807, 2.05) is 18.3 Å². The van der Waals surface area contributed by atoms with Gasteiger partial charge in [0.25, 0.3) is 15.9 Å². The minimum atomic E-state index is -3.81. The average molecular weight is 373 g/mol. The third kappa shape index (κ3) is 3.77. The van der Waals surface area contributed by atoms with Crippen molar-refractivity contribution in [2.45, 2.75) is 11.4 Å². The van der Waals surface area contributed by atoms with Gasteiger partial charge in [-0.1, -0.05) is 12.1 Å². The summed E-state index contributed by atoms with van der Waals surface area (Å²) in [5.74, 6) is -0.352. The summed E-state index contributed by atoms with van der Waals surface area (Å²) in [7, 11) is -0.697. The van der Waals surface area contributed by atoms with Crippen LogP contribution in [-0.2, 0) is 23.6 Å². The molecule has 2 heterocycles. The van der Waals surface area contributed by atoms with Crippen molar-refractivity contribution in [3.05, 3.63) is 66.2 Å². The number of nitrogens with zero attached hydrogens (tertiary/aromatic N) is 3. The van der Waals surface area contributed by atoms with Crippen molar-refractivity contribution >= 4 is 21.6 Å². The van der Waals surface area contributed by atoms with Gasteiger partial charge < -0.3 is 9.88 Å². The maximum absolute atomic E-state index is 12.6. The van der Waals surface area contributed by atoms with Gasteiger partial charge in [0, 0.05) is 38.4 Å². The number of amides is 1. The third-order valence-electron chi connectivity index (χ3n) is 3.83. The fraction of sp³-hybridized carbons (Fsp3) is 0.176. The molecule has 0 fully saturated rings. The van der Waals surface area contributed by atoms with Crippen molar-refractivity contribution in [1.82, 2.24) is 19.7 Å². The summed E-state index contributed by atoms with van der Waals surface area (Å²) in [5.41, 5.74) is 1.62. The van der Waals surface area contributed by atoms with Crippen molar-refractivity contribution in [2.75, 3.05) is 11.8 Å². The lowest BCUT2D eigenvalue weighted by molar-refractivity contribution is 0.0955. The molecule has 136 valence electrons. The van der Waals surface area contributed by atoms with Gasteiger partial charge in [-0.05, 0) is 29.8 Å². The predicted molar refractivity (Wildman–Crippen MR) is 97.4 cm³/mol. The number of carbonyl (C=O) groups excluding carboxylic acids is 1. The Hall–Kier alpha value is -3.07. The van der Waals surface area contributed by atoms with E-state index in [4.69, 9.17) is 0 Å². The number of aryl methyl sites for hydroxylation is 1. The van der Waals surface area contributed by atoms with Crippen LogP contribution in [0.2, 0.25) is 0 Å². The molecule has 3 aromatic rings. The number of sulfonamides is 1. The van der Waals surface area contributed by atoms with Gasteiger partial charge in [0.2, 0.25) is 0 Å². The van der Waals surface area contributed by atoms with E-state index in [9.17, 15) is 13.2 Å². The molecule has 1 aromatic carbocycles. The normalized spacial score (nSPS) is 11.3. The van der Waals surface area contributed by atoms with Gasteiger partial charge in [0.05, 0.1) is 6.54 Å². The Morgan fingerprint density at radius 1 is 1.23 bits per heavy atom. The first kappa shape index (κ1) is 17.7. The molecule has 0 unspecified atom stereocenters. The topological polar surface area (TPSA) is 98.0 Å². The molecule has 26 heavy (non-hydrogen) atoms. The molecular weight excluding hydrogens is 354 g/mol. The zero-order valence-electron chi connectivity index (χ0n) is 14.4. The summed E-state index contributed by atoms with van der Waals surface area (Å²) in [6, 6.07) is 10.3. The molecule has 0 saturated heterocycles. The van der Waals surface area contributed by atoms with Crippen LogP contribution in [-0.4, -0.2) is 35.7 Å². The third-order valence-corrected chi connectivity index (χ3v) is 5.18. The highest BCUT2D eigenvalue weighted by atomic mass is 32.2. The summed E-state index contributed by atoms with van der Waals surface area (Å²) >= 11 is 0. The molecule has 0 saturated carbocycles. The number of anilines is 1. The lowest BCUT2D eigenvalue weighted by Crippen LogP contribution is -2.20. The second kappa shape index (κ2) is 7.04. The first-order valence-corrected chi connectivity index (χ1v) is 9.35. The Balaban J connectivity index is 1.82. The standard InChI is InChI=1S/C17H19N5O3S/c1-18-17(23)16-10-15(12-21(16)2)26(24,25)20-14-6-3-5-13(9-14)11-22-8-4-7-19-22/h3-10,12,20H,11H2,1-2H3,(H,18,23). The Bertz CT molecular complexity index is 1020. The summed E-state index contributed by atoms with van der Waals surface area (Å²) in [6.45, 7) is 0.536. The molecule has 8 nitrogen and oxygen atoms in total. The van der Waals surface area contributed by atoms with Gasteiger partial charge in [-0.15, -0.1) is 0 Å². The fourth-order valence-corrected chi connectivity index (χ4v) is 3.68. The molecule has 2 N–H and O–H groups in total. The number of benzene rings is 1. The molecule has 0 aliphatic rings. The molecule has 0 radical (unpaired) electrons. The van der Waals surface area contributed by atoms with Crippen LogP contribution < -0.4 is 10.0 Å². The minimum absolute atomic E-state index is 0.0241. The van der Waals surface area contributed by atoms with Crippen molar-refractivity contribution in [2.24, 2.45) is 7.05 Å². The van der Waals surface area contributed by atoms with Crippen molar-refractivity contribution in [3.63, 3.8) is 0 Å². The lowest BCUT2D eigenvalue weighted by atomic mass is 10.2. The van der Waals surface area contributed by atoms with E-state index in [2.05, 4.69) is 15.1 Å². The Morgan fingerprint density at radius 3 is 2.73 bits per heavy atom. The van der Waals surface area contributed by atoms with Crippen LogP contribution in [0.25, 0.3) is 0 Å². The molecule has 2 aromatic heterocycles. The van der Waals surface area contributed by atoms with E-state index < -0.39 is 10.0 Å². The highest BCUT2D eigenvalue weighted by Gasteiger charge is 2.20. The largest absolute Gasteiger partial charge is 0.354 e. The quantitative estimate of drug-likeness (QED) is 0.683. The number of carbonyl (C=O) groups is 1. The smallest absolute Gasteiger partial charge is 0.267 e. The maximum atomic E-state index is 12.6. The van der Waals surface area contributed by atoms with Crippen LogP contribution >= 0.6 is 0 Å². The summed E-state index contributed by atoms with van der Waals surface area (Å²) in [6.07, 6.45) is 4.92. The SMILES string of the molecule is CNC(=O)c1cc(S(=O)(=O)Nc2cccc(Cn3cccn3)c2)cn1C. The molecule has 0 aliphatic carbocycles. The van der Waals surface area contributed by atoms with Crippen LogP contribution in [0.4, 0.5) is 5.69 Å². The van der Waals surface area contributed by atoms with Crippen LogP contribution in [0.3, 0.4) is 0 Å². The van der Waals surface area contributed by atoms with Gasteiger partial charge in [-0.25, -0.2) is 8.42 Å². The maximum Gasteiger partial charge on any atom is 0.267 e. The molecule has 3 rings (SSSR count). The van der Waals surface area contributed by atoms with Crippen LogP contribution in [0.5, 0.6) is 0 Å². The molecule has 1 amide bonds.